The van der Waals surface area contributed by atoms with Crippen LogP contribution in [0.25, 0.3) is 10.1 Å². The topological polar surface area (TPSA) is 81.8 Å². The minimum absolute atomic E-state index is 0.0161. The molecule has 0 spiro atoms. The van der Waals surface area contributed by atoms with Crippen molar-refractivity contribution in [3.05, 3.63) is 68.9 Å². The van der Waals surface area contributed by atoms with Gasteiger partial charge >= 0.3 is 6.18 Å². The average molecular weight is 394 g/mol. The number of carbonyl (C=O) groups is 1. The summed E-state index contributed by atoms with van der Waals surface area (Å²) in [7, 11) is 0. The molecule has 140 valence electrons. The lowest BCUT2D eigenvalue weighted by atomic mass is 10.0. The zero-order chi connectivity index (χ0) is 19.6. The number of rotatable bonds is 6. The molecule has 2 N–H and O–H groups in total. The number of nitrogens with two attached hydrogens (primary N) is 1. The maximum atomic E-state index is 13.4. The molecule has 0 saturated carbocycles. The highest BCUT2D eigenvalue weighted by Crippen LogP contribution is 2.41. The molecule has 0 aliphatic heterocycles. The van der Waals surface area contributed by atoms with Crippen LogP contribution in [0.4, 0.5) is 13.2 Å². The Balaban J connectivity index is 1.99. The van der Waals surface area contributed by atoms with E-state index < -0.39 is 17.6 Å². The number of fused-ring (bicyclic) bond motifs is 1. The Bertz CT molecular complexity index is 997. The summed E-state index contributed by atoms with van der Waals surface area (Å²) in [4.78, 5) is 22.2. The number of nitroso groups, excluding NO2 is 1. The van der Waals surface area contributed by atoms with Crippen molar-refractivity contribution in [3.63, 3.8) is 0 Å². The summed E-state index contributed by atoms with van der Waals surface area (Å²) in [5, 5.41) is 2.83. The fourth-order valence-electron chi connectivity index (χ4n) is 2.71. The second kappa shape index (κ2) is 7.36. The zero-order valence-electron chi connectivity index (χ0n) is 13.7. The maximum absolute atomic E-state index is 13.4. The fourth-order valence-corrected chi connectivity index (χ4v) is 3.86. The van der Waals surface area contributed by atoms with Crippen molar-refractivity contribution < 1.29 is 22.7 Å². The Kier molecular flexibility index (Phi) is 5.13. The molecule has 0 fully saturated rings. The molecule has 1 aromatic heterocycles. The van der Waals surface area contributed by atoms with E-state index >= 15 is 0 Å². The number of primary amides is 1. The minimum atomic E-state index is -4.54. The van der Waals surface area contributed by atoms with Crippen molar-refractivity contribution >= 4 is 27.3 Å². The lowest BCUT2D eigenvalue weighted by Crippen LogP contribution is -2.10. The average Bonchev–Trinajstić information content (AvgIpc) is 2.97. The molecule has 5 nitrogen and oxygen atoms in total. The number of halogens is 3. The van der Waals surface area contributed by atoms with Gasteiger partial charge in [0.2, 0.25) is 5.91 Å². The third-order valence-corrected chi connectivity index (χ3v) is 5.12. The van der Waals surface area contributed by atoms with Gasteiger partial charge in [-0.05, 0) is 36.4 Å². The van der Waals surface area contributed by atoms with Gasteiger partial charge in [-0.1, -0.05) is 11.2 Å². The molecule has 0 radical (unpaired) electrons. The molecular formula is C18H13F3N2O3S. The van der Waals surface area contributed by atoms with Gasteiger partial charge < -0.3 is 10.5 Å². The number of nitrogens with zero attached hydrogens (tertiary/aromatic N) is 1. The van der Waals surface area contributed by atoms with E-state index in [0.29, 0.717) is 15.3 Å². The Hall–Kier alpha value is -2.94. The van der Waals surface area contributed by atoms with Crippen molar-refractivity contribution in [2.45, 2.75) is 19.3 Å². The summed E-state index contributed by atoms with van der Waals surface area (Å²) < 4.78 is 46.2. The SMILES string of the molecule is NC(=O)c1ccc(OCc2c(CN=O)sc3cccc(C(F)(F)F)c23)cc1. The number of carbonyl (C=O) groups excluding carboxylic acids is 1. The largest absolute Gasteiger partial charge is 0.489 e. The van der Waals surface area contributed by atoms with Crippen molar-refractivity contribution in [2.24, 2.45) is 10.9 Å². The van der Waals surface area contributed by atoms with Gasteiger partial charge in [-0.15, -0.1) is 11.3 Å². The zero-order valence-corrected chi connectivity index (χ0v) is 14.6. The van der Waals surface area contributed by atoms with Crippen molar-refractivity contribution in [2.75, 3.05) is 0 Å². The first kappa shape index (κ1) is 18.8. The molecule has 27 heavy (non-hydrogen) atoms. The molecule has 9 heteroatoms. The molecule has 0 saturated heterocycles. The van der Waals surface area contributed by atoms with Crippen LogP contribution in [0.3, 0.4) is 0 Å². The molecule has 3 rings (SSSR count). The van der Waals surface area contributed by atoms with Crippen LogP contribution in [0.15, 0.2) is 47.6 Å². The van der Waals surface area contributed by atoms with E-state index in [-0.39, 0.29) is 29.7 Å². The summed E-state index contributed by atoms with van der Waals surface area (Å²) >= 11 is 1.09. The van der Waals surface area contributed by atoms with Crippen LogP contribution < -0.4 is 10.5 Å². The molecule has 0 aliphatic rings. The second-order valence-electron chi connectivity index (χ2n) is 5.64. The highest BCUT2D eigenvalue weighted by atomic mass is 32.1. The quantitative estimate of drug-likeness (QED) is 0.606. The summed E-state index contributed by atoms with van der Waals surface area (Å²) in [5.41, 5.74) is 4.95. The molecule has 0 aliphatic carbocycles. The van der Waals surface area contributed by atoms with Crippen molar-refractivity contribution in [3.8, 4) is 5.75 Å². The van der Waals surface area contributed by atoms with E-state index in [1.165, 1.54) is 30.3 Å². The third-order valence-electron chi connectivity index (χ3n) is 3.93. The number of thiophene rings is 1. The van der Waals surface area contributed by atoms with Gasteiger partial charge in [0.25, 0.3) is 0 Å². The lowest BCUT2D eigenvalue weighted by molar-refractivity contribution is -0.136. The van der Waals surface area contributed by atoms with Crippen LogP contribution in [0, 0.1) is 4.91 Å². The van der Waals surface area contributed by atoms with Crippen LogP contribution in [-0.2, 0) is 19.3 Å². The molecule has 0 bridgehead atoms. The molecule has 1 amide bonds. The van der Waals surface area contributed by atoms with E-state index in [4.69, 9.17) is 10.5 Å². The van der Waals surface area contributed by atoms with Gasteiger partial charge in [0.1, 0.15) is 18.9 Å². The number of ether oxygens (including phenoxy) is 1. The molecular weight excluding hydrogens is 381 g/mol. The van der Waals surface area contributed by atoms with Crippen LogP contribution in [0.2, 0.25) is 0 Å². The minimum Gasteiger partial charge on any atom is -0.489 e. The highest BCUT2D eigenvalue weighted by Gasteiger charge is 2.34. The smallest absolute Gasteiger partial charge is 0.417 e. The molecule has 0 unspecified atom stereocenters. The van der Waals surface area contributed by atoms with Crippen LogP contribution in [-0.4, -0.2) is 5.91 Å². The highest BCUT2D eigenvalue weighted by molar-refractivity contribution is 7.19. The first-order chi connectivity index (χ1) is 12.8. The Morgan fingerprint density at radius 1 is 1.15 bits per heavy atom. The van der Waals surface area contributed by atoms with Gasteiger partial charge in [-0.25, -0.2) is 0 Å². The van der Waals surface area contributed by atoms with Crippen LogP contribution >= 0.6 is 11.3 Å². The van der Waals surface area contributed by atoms with Gasteiger partial charge in [0, 0.05) is 26.1 Å². The summed E-state index contributed by atoms with van der Waals surface area (Å²) in [6.07, 6.45) is -4.54. The van der Waals surface area contributed by atoms with E-state index in [9.17, 15) is 22.9 Å². The van der Waals surface area contributed by atoms with Gasteiger partial charge in [0.15, 0.2) is 0 Å². The summed E-state index contributed by atoms with van der Waals surface area (Å²) in [6.45, 7) is -0.413. The van der Waals surface area contributed by atoms with E-state index in [1.807, 2.05) is 0 Å². The van der Waals surface area contributed by atoms with Gasteiger partial charge in [-0.3, -0.25) is 4.79 Å². The number of hydrogen-bond donors (Lipinski definition) is 1. The molecule has 3 aromatic rings. The van der Waals surface area contributed by atoms with E-state index in [2.05, 4.69) is 5.18 Å². The maximum Gasteiger partial charge on any atom is 0.417 e. The van der Waals surface area contributed by atoms with Gasteiger partial charge in [0.05, 0.1) is 5.56 Å². The standard InChI is InChI=1S/C18H13F3N2O3S/c19-18(20,21)13-2-1-3-14-16(13)12(15(27-14)8-23-25)9-26-11-6-4-10(5-7-11)17(22)24/h1-7H,8-9H2,(H2,22,24). The van der Waals surface area contributed by atoms with Gasteiger partial charge in [-0.2, -0.15) is 18.1 Å². The van der Waals surface area contributed by atoms with Crippen LogP contribution in [0.5, 0.6) is 5.75 Å². The summed E-state index contributed by atoms with van der Waals surface area (Å²) in [5.74, 6) is -0.242. The fraction of sp³-hybridized carbons (Fsp3) is 0.167. The lowest BCUT2D eigenvalue weighted by Gasteiger charge is -2.12. The normalized spacial score (nSPS) is 11.5. The van der Waals surface area contributed by atoms with E-state index in [0.717, 1.165) is 17.4 Å². The monoisotopic (exact) mass is 394 g/mol. The predicted molar refractivity (Wildman–Crippen MR) is 95.6 cm³/mol. The Labute approximate surface area is 155 Å². The second-order valence-corrected chi connectivity index (χ2v) is 6.78. The van der Waals surface area contributed by atoms with E-state index in [1.54, 1.807) is 6.07 Å². The number of amides is 1. The first-order valence-electron chi connectivity index (χ1n) is 7.73. The number of benzene rings is 2. The van der Waals surface area contributed by atoms with Crippen molar-refractivity contribution in [1.29, 1.82) is 0 Å². The number of hydrogen-bond acceptors (Lipinski definition) is 5. The number of alkyl halides is 3. The summed E-state index contributed by atoms with van der Waals surface area (Å²) in [6, 6.07) is 9.80. The van der Waals surface area contributed by atoms with Crippen molar-refractivity contribution in [1.82, 2.24) is 0 Å². The predicted octanol–water partition coefficient (Wildman–Crippen LogP) is 4.86. The molecule has 2 aromatic carbocycles. The molecule has 1 heterocycles. The van der Waals surface area contributed by atoms with Crippen LogP contribution in [0.1, 0.15) is 26.4 Å². The third kappa shape index (κ3) is 3.92. The Morgan fingerprint density at radius 3 is 2.44 bits per heavy atom. The Morgan fingerprint density at radius 2 is 1.85 bits per heavy atom. The molecule has 0 atom stereocenters. The first-order valence-corrected chi connectivity index (χ1v) is 8.55.